The first-order valence-corrected chi connectivity index (χ1v) is 5.00. The molecular weight excluding hydrogens is 169 g/mol. The van der Waals surface area contributed by atoms with E-state index in [4.69, 9.17) is 5.64 Å². The zero-order chi connectivity index (χ0) is 10.8. The van der Waals surface area contributed by atoms with Crippen LogP contribution in [-0.4, -0.2) is 6.85 Å². The highest BCUT2D eigenvalue weighted by molar-refractivity contribution is 6.56. The highest BCUT2D eigenvalue weighted by Crippen LogP contribution is 2.10. The average molecular weight is 189 g/mol. The minimum absolute atomic E-state index is 0.192. The molecule has 0 rings (SSSR count). The number of allylic oxidation sites excluding steroid dienone is 5. The molecule has 0 amide bonds. The summed E-state index contributed by atoms with van der Waals surface area (Å²) in [6.07, 6.45) is 11.5. The number of nitrogens with two attached hydrogens (primary N) is 1. The zero-order valence-corrected chi connectivity index (χ0v) is 8.91. The van der Waals surface area contributed by atoms with Gasteiger partial charge in [0.05, 0.1) is 0 Å². The summed E-state index contributed by atoms with van der Waals surface area (Å²) in [5, 5.41) is 0. The summed E-state index contributed by atoms with van der Waals surface area (Å²) in [4.78, 5) is 0. The van der Waals surface area contributed by atoms with Gasteiger partial charge in [-0.3, -0.25) is 0 Å². The summed E-state index contributed by atoms with van der Waals surface area (Å²) in [5.41, 5.74) is 7.20. The lowest BCUT2D eigenvalue weighted by Crippen LogP contribution is -2.23. The van der Waals surface area contributed by atoms with Gasteiger partial charge in [-0.05, 0) is 25.5 Å². The molecule has 0 aliphatic carbocycles. The summed E-state index contributed by atoms with van der Waals surface area (Å²) >= 11 is 0. The van der Waals surface area contributed by atoms with Gasteiger partial charge in [-0.2, -0.15) is 0 Å². The molecule has 0 atom stereocenters. The molecule has 0 aliphatic rings. The Morgan fingerprint density at radius 1 is 1.00 bits per heavy atom. The predicted octanol–water partition coefficient (Wildman–Crippen LogP) is 3.20. The monoisotopic (exact) mass is 189 g/mol. The van der Waals surface area contributed by atoms with Crippen molar-refractivity contribution in [2.75, 3.05) is 0 Å². The van der Waals surface area contributed by atoms with E-state index < -0.39 is 0 Å². The molecule has 2 N–H and O–H groups in total. The van der Waals surface area contributed by atoms with Crippen molar-refractivity contribution in [1.29, 1.82) is 0 Å². The van der Waals surface area contributed by atoms with E-state index in [2.05, 4.69) is 25.8 Å². The minimum Gasteiger partial charge on any atom is -0.369 e. The van der Waals surface area contributed by atoms with Crippen LogP contribution >= 0.6 is 0 Å². The van der Waals surface area contributed by atoms with E-state index in [1.807, 2.05) is 18.2 Å². The second-order valence-corrected chi connectivity index (χ2v) is 3.37. The zero-order valence-electron chi connectivity index (χ0n) is 8.91. The van der Waals surface area contributed by atoms with Crippen LogP contribution in [0, 0.1) is 0 Å². The normalized spacial score (nSPS) is 8.93. The molecule has 0 aromatic rings. The van der Waals surface area contributed by atoms with Gasteiger partial charge in [-0.25, -0.2) is 0 Å². The van der Waals surface area contributed by atoms with Crippen molar-refractivity contribution in [2.24, 2.45) is 5.64 Å². The summed E-state index contributed by atoms with van der Waals surface area (Å²) < 4.78 is 0. The molecule has 0 heterocycles. The minimum atomic E-state index is 0.192. The lowest BCUT2D eigenvalue weighted by molar-refractivity contribution is 1.10. The highest BCUT2D eigenvalue weighted by Gasteiger charge is 2.03. The van der Waals surface area contributed by atoms with Gasteiger partial charge in [-0.1, -0.05) is 29.9 Å². The van der Waals surface area contributed by atoms with Crippen LogP contribution in [0.25, 0.3) is 0 Å². The molecule has 0 saturated carbocycles. The molecule has 14 heavy (non-hydrogen) atoms. The van der Waals surface area contributed by atoms with Crippen LogP contribution in [0.2, 0.25) is 12.6 Å². The second-order valence-electron chi connectivity index (χ2n) is 3.37. The Kier molecular flexibility index (Phi) is 7.96. The predicted molar refractivity (Wildman–Crippen MR) is 67.5 cm³/mol. The van der Waals surface area contributed by atoms with Crippen molar-refractivity contribution in [2.45, 2.75) is 25.5 Å². The number of rotatable bonds is 8. The maximum absolute atomic E-state index is 5.86. The van der Waals surface area contributed by atoms with Crippen molar-refractivity contribution < 1.29 is 0 Å². The van der Waals surface area contributed by atoms with Gasteiger partial charge in [0.25, 0.3) is 0 Å². The number of hydrogen-bond donors (Lipinski definition) is 1. The van der Waals surface area contributed by atoms with Crippen LogP contribution in [0.1, 0.15) is 12.8 Å². The Morgan fingerprint density at radius 2 is 1.57 bits per heavy atom. The first-order chi connectivity index (χ1) is 6.74. The molecule has 2 heteroatoms. The average Bonchev–Trinajstić information content (AvgIpc) is 2.15. The maximum Gasteiger partial charge on any atom is 0.225 e. The molecule has 0 saturated heterocycles. The fourth-order valence-electron chi connectivity index (χ4n) is 1.25. The molecule has 0 aromatic carbocycles. The summed E-state index contributed by atoms with van der Waals surface area (Å²) in [6.45, 7) is 11.3. The van der Waals surface area contributed by atoms with Crippen molar-refractivity contribution >= 4 is 6.85 Å². The molecule has 0 unspecified atom stereocenters. The van der Waals surface area contributed by atoms with Crippen LogP contribution in [0.15, 0.2) is 49.6 Å². The highest BCUT2D eigenvalue weighted by atomic mass is 14.4. The maximum atomic E-state index is 5.86. The van der Waals surface area contributed by atoms with E-state index in [-0.39, 0.29) is 6.85 Å². The van der Waals surface area contributed by atoms with E-state index in [0.717, 1.165) is 25.5 Å². The van der Waals surface area contributed by atoms with Gasteiger partial charge in [0, 0.05) is 0 Å². The van der Waals surface area contributed by atoms with E-state index in [9.17, 15) is 0 Å². The number of hydrogen-bond acceptors (Lipinski definition) is 1. The Morgan fingerprint density at radius 3 is 2.00 bits per heavy atom. The van der Waals surface area contributed by atoms with Crippen molar-refractivity contribution in [3.63, 3.8) is 0 Å². The molecule has 1 nitrogen and oxygen atoms in total. The molecule has 76 valence electrons. The van der Waals surface area contributed by atoms with Gasteiger partial charge < -0.3 is 5.64 Å². The molecule has 0 aromatic heterocycles. The Balaban J connectivity index is 4.05. The van der Waals surface area contributed by atoms with Gasteiger partial charge in [0.1, 0.15) is 0 Å². The smallest absolute Gasteiger partial charge is 0.225 e. The quantitative estimate of drug-likeness (QED) is 0.460. The van der Waals surface area contributed by atoms with Crippen molar-refractivity contribution in [3.8, 4) is 0 Å². The van der Waals surface area contributed by atoms with Crippen LogP contribution in [0.5, 0.6) is 0 Å². The fourth-order valence-corrected chi connectivity index (χ4v) is 1.25. The molecule has 0 radical (unpaired) electrons. The van der Waals surface area contributed by atoms with Crippen molar-refractivity contribution in [1.82, 2.24) is 0 Å². The van der Waals surface area contributed by atoms with Crippen LogP contribution in [0.4, 0.5) is 0 Å². The summed E-state index contributed by atoms with van der Waals surface area (Å²) in [7, 11) is 0. The van der Waals surface area contributed by atoms with Crippen LogP contribution in [-0.2, 0) is 0 Å². The summed E-state index contributed by atoms with van der Waals surface area (Å²) in [5.74, 6) is 0. The first kappa shape index (κ1) is 13.0. The molecule has 0 bridgehead atoms. The first-order valence-electron chi connectivity index (χ1n) is 5.00. The van der Waals surface area contributed by atoms with Gasteiger partial charge >= 0.3 is 0 Å². The van der Waals surface area contributed by atoms with Crippen LogP contribution < -0.4 is 5.64 Å². The van der Waals surface area contributed by atoms with E-state index in [1.165, 1.54) is 5.57 Å². The molecule has 0 aliphatic heterocycles. The largest absolute Gasteiger partial charge is 0.369 e. The molecule has 0 fully saturated rings. The van der Waals surface area contributed by atoms with Gasteiger partial charge in [-0.15, -0.1) is 19.7 Å². The lowest BCUT2D eigenvalue weighted by atomic mass is 9.57. The van der Waals surface area contributed by atoms with Crippen molar-refractivity contribution in [3.05, 3.63) is 49.6 Å². The second kappa shape index (κ2) is 8.58. The molecule has 0 spiro atoms. The van der Waals surface area contributed by atoms with E-state index in [1.54, 1.807) is 0 Å². The standard InChI is InChI=1S/C12H20BN/c1-4-7-12(8-5-2)9-11-13(14)10-6-3/h4-6,9H,1-3,7-8,10-11,14H2. The fraction of sp³-hybridized carbons (Fsp3) is 0.333. The SMILES string of the molecule is C=CCB(N)CC=C(CC=C)CC=C. The third-order valence-corrected chi connectivity index (χ3v) is 1.99. The third kappa shape index (κ3) is 6.50. The summed E-state index contributed by atoms with van der Waals surface area (Å²) in [6, 6.07) is 0. The Labute approximate surface area is 88.2 Å². The van der Waals surface area contributed by atoms with E-state index >= 15 is 0 Å². The molecular formula is C12H20BN. The topological polar surface area (TPSA) is 26.0 Å². The Bertz CT molecular complexity index is 206. The lowest BCUT2D eigenvalue weighted by Gasteiger charge is -2.03. The van der Waals surface area contributed by atoms with Crippen LogP contribution in [0.3, 0.4) is 0 Å². The van der Waals surface area contributed by atoms with E-state index in [0.29, 0.717) is 0 Å². The Hall–Kier alpha value is -1.02. The van der Waals surface area contributed by atoms with Gasteiger partial charge in [0.15, 0.2) is 0 Å². The van der Waals surface area contributed by atoms with Gasteiger partial charge in [0.2, 0.25) is 6.85 Å². The third-order valence-electron chi connectivity index (χ3n) is 1.99.